The Kier molecular flexibility index (Phi) is 3.87. The van der Waals surface area contributed by atoms with Gasteiger partial charge in [0, 0.05) is 7.29 Å². The molecule has 0 radical (unpaired) electrons. The van der Waals surface area contributed by atoms with Crippen LogP contribution in [-0.2, 0) is 14.3 Å². The minimum Gasteiger partial charge on any atom is -0.479 e. The third-order valence-corrected chi connectivity index (χ3v) is 3.67. The van der Waals surface area contributed by atoms with Gasteiger partial charge in [-0.15, -0.1) is 0 Å². The molecule has 3 rings (SSSR count). The topological polar surface area (TPSA) is 35.5 Å². The number of carbonyl (C=O) groups excluding carboxylic acids is 1. The van der Waals surface area contributed by atoms with Crippen molar-refractivity contribution in [2.24, 2.45) is 0 Å². The molecular formula is C19H18O3. The monoisotopic (exact) mass is 295 g/mol. The van der Waals surface area contributed by atoms with E-state index in [2.05, 4.69) is 0 Å². The largest absolute Gasteiger partial charge is 0.479 e. The number of hydrogen-bond acceptors (Lipinski definition) is 3. The van der Waals surface area contributed by atoms with Gasteiger partial charge < -0.3 is 9.47 Å². The van der Waals surface area contributed by atoms with Crippen molar-refractivity contribution in [3.8, 4) is 0 Å². The summed E-state index contributed by atoms with van der Waals surface area (Å²) in [6.45, 7) is 0. The minimum absolute atomic E-state index is 0.165. The van der Waals surface area contributed by atoms with E-state index in [-0.39, 0.29) is 11.7 Å². The lowest BCUT2D eigenvalue weighted by Gasteiger charge is -2.29. The van der Waals surface area contributed by atoms with Crippen LogP contribution in [0.5, 0.6) is 0 Å². The summed E-state index contributed by atoms with van der Waals surface area (Å²) in [6, 6.07) is 19.3. The molecule has 0 spiro atoms. The second-order valence-corrected chi connectivity index (χ2v) is 5.10. The van der Waals surface area contributed by atoms with Gasteiger partial charge in [-0.2, -0.15) is 0 Å². The van der Waals surface area contributed by atoms with Gasteiger partial charge in [-0.3, -0.25) is 0 Å². The van der Waals surface area contributed by atoms with Gasteiger partial charge in [0.25, 0.3) is 0 Å². The van der Waals surface area contributed by atoms with E-state index in [0.717, 1.165) is 11.1 Å². The Morgan fingerprint density at radius 2 is 1.68 bits per heavy atom. The molecule has 2 aromatic rings. The van der Waals surface area contributed by atoms with E-state index in [4.69, 9.17) is 10.8 Å². The standard InChI is InChI=1S/C19H18O3/c1-21-19(20)18-13-16(14-8-4-2-5-9-14)12-17(22-18)15-10-6-3-7-11-15/h2-11,13,16-17H,12H2,1H3/t16-,17-/m1/s1/i12D/t12-,16-,17-. The van der Waals surface area contributed by atoms with Crippen molar-refractivity contribution in [1.29, 1.82) is 0 Å². The molecule has 0 aliphatic carbocycles. The number of carbonyl (C=O) groups is 1. The molecule has 1 aliphatic heterocycles. The Labute approximate surface area is 131 Å². The number of rotatable bonds is 3. The third-order valence-electron chi connectivity index (χ3n) is 3.67. The Hall–Kier alpha value is -2.55. The Balaban J connectivity index is 2.02. The molecule has 0 aromatic heterocycles. The van der Waals surface area contributed by atoms with E-state index in [0.29, 0.717) is 0 Å². The Morgan fingerprint density at radius 1 is 1.09 bits per heavy atom. The third kappa shape index (κ3) is 3.03. The van der Waals surface area contributed by atoms with Crippen molar-refractivity contribution in [3.05, 3.63) is 83.6 Å². The molecule has 1 heterocycles. The smallest absolute Gasteiger partial charge is 0.373 e. The molecule has 0 fully saturated rings. The van der Waals surface area contributed by atoms with E-state index in [1.165, 1.54) is 7.11 Å². The summed E-state index contributed by atoms with van der Waals surface area (Å²) in [7, 11) is 1.33. The molecule has 0 bridgehead atoms. The first-order valence-corrected chi connectivity index (χ1v) is 7.19. The van der Waals surface area contributed by atoms with Gasteiger partial charge in [0.2, 0.25) is 5.76 Å². The first kappa shape index (κ1) is 13.1. The maximum absolute atomic E-state index is 12.0. The molecule has 0 saturated heterocycles. The molecule has 2 aromatic carbocycles. The van der Waals surface area contributed by atoms with Crippen LogP contribution < -0.4 is 0 Å². The highest BCUT2D eigenvalue weighted by atomic mass is 16.6. The van der Waals surface area contributed by atoms with Crippen LogP contribution in [0.4, 0.5) is 0 Å². The molecule has 3 atom stereocenters. The van der Waals surface area contributed by atoms with Crippen molar-refractivity contribution in [2.75, 3.05) is 7.11 Å². The van der Waals surface area contributed by atoms with E-state index in [1.807, 2.05) is 60.7 Å². The molecule has 112 valence electrons. The molecule has 22 heavy (non-hydrogen) atoms. The number of esters is 1. The fraction of sp³-hybridized carbons (Fsp3) is 0.211. The lowest BCUT2D eigenvalue weighted by atomic mass is 9.88. The van der Waals surface area contributed by atoms with Gasteiger partial charge in [0.05, 0.1) is 7.11 Å². The van der Waals surface area contributed by atoms with Crippen LogP contribution >= 0.6 is 0 Å². The van der Waals surface area contributed by atoms with Gasteiger partial charge in [0.15, 0.2) is 0 Å². The molecular weight excluding hydrogens is 276 g/mol. The minimum atomic E-state index is -0.548. The SMILES string of the molecule is [2H][C@@H]1[C@@H](c2ccccc2)C=C(C(=O)OC)O[C@H]1c1ccccc1. The molecule has 0 N–H and O–H groups in total. The maximum Gasteiger partial charge on any atom is 0.373 e. The number of benzene rings is 2. The van der Waals surface area contributed by atoms with Crippen molar-refractivity contribution in [3.63, 3.8) is 0 Å². The van der Waals surface area contributed by atoms with E-state index < -0.39 is 18.5 Å². The summed E-state index contributed by atoms with van der Waals surface area (Å²) in [5.74, 6) is -0.582. The van der Waals surface area contributed by atoms with Crippen molar-refractivity contribution >= 4 is 5.97 Å². The van der Waals surface area contributed by atoms with Crippen LogP contribution in [0.25, 0.3) is 0 Å². The molecule has 1 aliphatic rings. The predicted octanol–water partition coefficient (Wildman–Crippen LogP) is 3.99. The fourth-order valence-corrected chi connectivity index (χ4v) is 2.54. The first-order valence-electron chi connectivity index (χ1n) is 7.77. The van der Waals surface area contributed by atoms with E-state index >= 15 is 0 Å². The second-order valence-electron chi connectivity index (χ2n) is 5.10. The Morgan fingerprint density at radius 3 is 2.27 bits per heavy atom. The summed E-state index contributed by atoms with van der Waals surface area (Å²) in [5.41, 5.74) is 1.86. The second kappa shape index (κ2) is 6.48. The lowest BCUT2D eigenvalue weighted by molar-refractivity contribution is -0.142. The number of methoxy groups -OCH3 is 1. The van der Waals surface area contributed by atoms with Crippen LogP contribution in [-0.4, -0.2) is 13.1 Å². The van der Waals surface area contributed by atoms with Crippen LogP contribution in [0.15, 0.2) is 72.5 Å². The van der Waals surface area contributed by atoms with Crippen molar-refractivity contribution in [1.82, 2.24) is 0 Å². The zero-order valence-electron chi connectivity index (χ0n) is 13.3. The summed E-state index contributed by atoms with van der Waals surface area (Å²) in [5, 5.41) is 0. The van der Waals surface area contributed by atoms with Gasteiger partial charge in [-0.1, -0.05) is 60.7 Å². The molecule has 0 saturated carbocycles. The van der Waals surface area contributed by atoms with Gasteiger partial charge >= 0.3 is 5.97 Å². The normalized spacial score (nSPS) is 24.7. The van der Waals surface area contributed by atoms with Crippen LogP contribution in [0.2, 0.25) is 0 Å². The summed E-state index contributed by atoms with van der Waals surface area (Å²) in [4.78, 5) is 12.0. The first-order chi connectivity index (χ1) is 11.2. The maximum atomic E-state index is 12.0. The van der Waals surface area contributed by atoms with Gasteiger partial charge in [-0.25, -0.2) is 4.79 Å². The van der Waals surface area contributed by atoms with Gasteiger partial charge in [0.1, 0.15) is 6.10 Å². The highest BCUT2D eigenvalue weighted by Crippen LogP contribution is 2.38. The van der Waals surface area contributed by atoms with E-state index in [1.54, 1.807) is 6.08 Å². The predicted molar refractivity (Wildman–Crippen MR) is 84.2 cm³/mol. The highest BCUT2D eigenvalue weighted by molar-refractivity contribution is 5.86. The molecule has 3 nitrogen and oxygen atoms in total. The number of hydrogen-bond donors (Lipinski definition) is 0. The van der Waals surface area contributed by atoms with Crippen LogP contribution in [0.1, 0.15) is 30.9 Å². The molecule has 0 unspecified atom stereocenters. The number of ether oxygens (including phenoxy) is 2. The molecule has 0 amide bonds. The summed E-state index contributed by atoms with van der Waals surface area (Å²) >= 11 is 0. The zero-order valence-corrected chi connectivity index (χ0v) is 12.3. The lowest BCUT2D eigenvalue weighted by Crippen LogP contribution is -2.20. The number of allylic oxidation sites excluding steroid dienone is 1. The van der Waals surface area contributed by atoms with Crippen molar-refractivity contribution in [2.45, 2.75) is 18.4 Å². The fourth-order valence-electron chi connectivity index (χ4n) is 2.54. The quantitative estimate of drug-likeness (QED) is 0.803. The van der Waals surface area contributed by atoms with E-state index in [9.17, 15) is 4.79 Å². The average Bonchev–Trinajstić information content (AvgIpc) is 2.62. The summed E-state index contributed by atoms with van der Waals surface area (Å²) in [6.07, 6.45) is 0.631. The van der Waals surface area contributed by atoms with Crippen LogP contribution in [0.3, 0.4) is 0 Å². The zero-order chi connectivity index (χ0) is 16.2. The summed E-state index contributed by atoms with van der Waals surface area (Å²) < 4.78 is 19.2. The molecule has 3 heteroatoms. The highest BCUT2D eigenvalue weighted by Gasteiger charge is 2.29. The Bertz CT molecular complexity index is 697. The van der Waals surface area contributed by atoms with Crippen molar-refractivity contribution < 1.29 is 15.6 Å². The average molecular weight is 295 g/mol. The van der Waals surface area contributed by atoms with Crippen LogP contribution in [0, 0.1) is 0 Å². The van der Waals surface area contributed by atoms with Gasteiger partial charge in [-0.05, 0) is 23.6 Å².